The van der Waals surface area contributed by atoms with Crippen molar-refractivity contribution in [2.45, 2.75) is 13.5 Å². The van der Waals surface area contributed by atoms with Gasteiger partial charge in [0.2, 0.25) is 0 Å². The lowest BCUT2D eigenvalue weighted by Crippen LogP contribution is -2.03. The molecule has 100 valence electrons. The van der Waals surface area contributed by atoms with Gasteiger partial charge in [0.1, 0.15) is 11.6 Å². The number of hydrogen-bond acceptors (Lipinski definition) is 2. The molecule has 0 amide bonds. The lowest BCUT2D eigenvalue weighted by molar-refractivity contribution is 0.415. The minimum absolute atomic E-state index is 0.225. The van der Waals surface area contributed by atoms with Gasteiger partial charge in [0, 0.05) is 18.2 Å². The number of benzene rings is 2. The van der Waals surface area contributed by atoms with Crippen molar-refractivity contribution in [1.82, 2.24) is 0 Å². The van der Waals surface area contributed by atoms with Crippen molar-refractivity contribution in [2.24, 2.45) is 0 Å². The Morgan fingerprint density at radius 3 is 2.74 bits per heavy atom. The molecule has 0 spiro atoms. The molecule has 0 fully saturated rings. The summed E-state index contributed by atoms with van der Waals surface area (Å²) in [6.45, 7) is 2.31. The van der Waals surface area contributed by atoms with Crippen LogP contribution in [-0.2, 0) is 6.54 Å². The van der Waals surface area contributed by atoms with Crippen molar-refractivity contribution in [3.8, 4) is 5.75 Å². The lowest BCUT2D eigenvalue weighted by atomic mass is 10.1. The summed E-state index contributed by atoms with van der Waals surface area (Å²) in [5.74, 6) is 0.480. The fourth-order valence-corrected chi connectivity index (χ4v) is 1.98. The van der Waals surface area contributed by atoms with E-state index in [1.165, 1.54) is 6.07 Å². The van der Waals surface area contributed by atoms with Gasteiger partial charge in [-0.25, -0.2) is 4.39 Å². The first kappa shape index (κ1) is 13.7. The van der Waals surface area contributed by atoms with Crippen molar-refractivity contribution < 1.29 is 9.13 Å². The largest absolute Gasteiger partial charge is 0.497 e. The van der Waals surface area contributed by atoms with Crippen LogP contribution in [0.15, 0.2) is 36.4 Å². The Labute approximate surface area is 117 Å². The van der Waals surface area contributed by atoms with Crippen LogP contribution in [0.3, 0.4) is 0 Å². The monoisotopic (exact) mass is 279 g/mol. The van der Waals surface area contributed by atoms with Gasteiger partial charge in [0.05, 0.1) is 17.8 Å². The quantitative estimate of drug-likeness (QED) is 0.895. The van der Waals surface area contributed by atoms with E-state index in [-0.39, 0.29) is 5.82 Å². The topological polar surface area (TPSA) is 21.3 Å². The maximum absolute atomic E-state index is 13.6. The number of hydrogen-bond donors (Lipinski definition) is 1. The molecule has 0 saturated carbocycles. The van der Waals surface area contributed by atoms with Gasteiger partial charge in [-0.3, -0.25) is 0 Å². The number of halogens is 2. The van der Waals surface area contributed by atoms with Crippen molar-refractivity contribution in [2.75, 3.05) is 12.4 Å². The van der Waals surface area contributed by atoms with Gasteiger partial charge in [-0.2, -0.15) is 0 Å². The van der Waals surface area contributed by atoms with Gasteiger partial charge in [0.15, 0.2) is 0 Å². The number of anilines is 1. The van der Waals surface area contributed by atoms with E-state index in [0.717, 1.165) is 11.3 Å². The molecule has 0 aromatic heterocycles. The van der Waals surface area contributed by atoms with E-state index in [1.807, 2.05) is 13.0 Å². The second-order valence-electron chi connectivity index (χ2n) is 4.29. The number of methoxy groups -OCH3 is 1. The predicted molar refractivity (Wildman–Crippen MR) is 76.5 cm³/mol. The first-order valence-corrected chi connectivity index (χ1v) is 6.30. The second-order valence-corrected chi connectivity index (χ2v) is 4.70. The van der Waals surface area contributed by atoms with Gasteiger partial charge in [-0.1, -0.05) is 29.3 Å². The minimum atomic E-state index is -0.225. The van der Waals surface area contributed by atoms with E-state index in [9.17, 15) is 4.39 Å². The Balaban J connectivity index is 2.16. The molecule has 2 aromatic carbocycles. The zero-order valence-electron chi connectivity index (χ0n) is 10.8. The van der Waals surface area contributed by atoms with Crippen LogP contribution in [0.25, 0.3) is 0 Å². The third-order valence-electron chi connectivity index (χ3n) is 2.84. The van der Waals surface area contributed by atoms with Crippen LogP contribution in [0.4, 0.5) is 10.1 Å². The van der Waals surface area contributed by atoms with E-state index in [4.69, 9.17) is 16.3 Å². The SMILES string of the molecule is COc1ccc(Cl)c(NCc2cc(C)ccc2F)c1. The van der Waals surface area contributed by atoms with E-state index < -0.39 is 0 Å². The second kappa shape index (κ2) is 5.93. The van der Waals surface area contributed by atoms with Gasteiger partial charge in [0.25, 0.3) is 0 Å². The highest BCUT2D eigenvalue weighted by Crippen LogP contribution is 2.27. The molecule has 0 aliphatic heterocycles. The van der Waals surface area contributed by atoms with Crippen molar-refractivity contribution in [3.63, 3.8) is 0 Å². The van der Waals surface area contributed by atoms with E-state index in [1.54, 1.807) is 31.4 Å². The molecular weight excluding hydrogens is 265 g/mol. The van der Waals surface area contributed by atoms with Gasteiger partial charge >= 0.3 is 0 Å². The Bertz CT molecular complexity index is 586. The molecule has 2 nitrogen and oxygen atoms in total. The smallest absolute Gasteiger partial charge is 0.128 e. The molecule has 0 unspecified atom stereocenters. The van der Waals surface area contributed by atoms with Crippen molar-refractivity contribution in [3.05, 3.63) is 58.4 Å². The van der Waals surface area contributed by atoms with Gasteiger partial charge in [-0.05, 0) is 25.1 Å². The van der Waals surface area contributed by atoms with Crippen LogP contribution < -0.4 is 10.1 Å². The Morgan fingerprint density at radius 2 is 2.00 bits per heavy atom. The summed E-state index contributed by atoms with van der Waals surface area (Å²) >= 11 is 6.08. The highest BCUT2D eigenvalue weighted by molar-refractivity contribution is 6.33. The number of rotatable bonds is 4. The van der Waals surface area contributed by atoms with Crippen LogP contribution in [-0.4, -0.2) is 7.11 Å². The molecule has 0 radical (unpaired) electrons. The molecule has 2 rings (SSSR count). The van der Waals surface area contributed by atoms with Crippen LogP contribution in [0.1, 0.15) is 11.1 Å². The third kappa shape index (κ3) is 3.38. The highest BCUT2D eigenvalue weighted by atomic mass is 35.5. The van der Waals surface area contributed by atoms with Gasteiger partial charge in [-0.15, -0.1) is 0 Å². The fourth-order valence-electron chi connectivity index (χ4n) is 1.80. The third-order valence-corrected chi connectivity index (χ3v) is 3.17. The molecule has 0 heterocycles. The summed E-state index contributed by atoms with van der Waals surface area (Å²) in [4.78, 5) is 0. The Hall–Kier alpha value is -1.74. The predicted octanol–water partition coefficient (Wildman–Crippen LogP) is 4.41. The average molecular weight is 280 g/mol. The van der Waals surface area contributed by atoms with Crippen LogP contribution in [0.5, 0.6) is 5.75 Å². The molecule has 0 saturated heterocycles. The van der Waals surface area contributed by atoms with Crippen LogP contribution >= 0.6 is 11.6 Å². The molecule has 19 heavy (non-hydrogen) atoms. The summed E-state index contributed by atoms with van der Waals surface area (Å²) in [6.07, 6.45) is 0. The molecule has 0 aliphatic rings. The highest BCUT2D eigenvalue weighted by Gasteiger charge is 2.05. The Kier molecular flexibility index (Phi) is 4.27. The summed E-state index contributed by atoms with van der Waals surface area (Å²) < 4.78 is 18.8. The van der Waals surface area contributed by atoms with Crippen LogP contribution in [0, 0.1) is 12.7 Å². The molecule has 0 bridgehead atoms. The van der Waals surface area contributed by atoms with E-state index in [0.29, 0.717) is 22.9 Å². The number of aryl methyl sites for hydroxylation is 1. The first-order valence-electron chi connectivity index (χ1n) is 5.92. The minimum Gasteiger partial charge on any atom is -0.497 e. The van der Waals surface area contributed by atoms with E-state index in [2.05, 4.69) is 5.32 Å². The zero-order valence-corrected chi connectivity index (χ0v) is 11.6. The van der Waals surface area contributed by atoms with Crippen molar-refractivity contribution in [1.29, 1.82) is 0 Å². The lowest BCUT2D eigenvalue weighted by Gasteiger charge is -2.11. The first-order chi connectivity index (χ1) is 9.10. The molecule has 0 aliphatic carbocycles. The van der Waals surface area contributed by atoms with Gasteiger partial charge < -0.3 is 10.1 Å². The molecular formula is C15H15ClFNO. The normalized spacial score (nSPS) is 10.3. The number of ether oxygens (including phenoxy) is 1. The maximum Gasteiger partial charge on any atom is 0.128 e. The van der Waals surface area contributed by atoms with Crippen LogP contribution in [0.2, 0.25) is 5.02 Å². The summed E-state index contributed by atoms with van der Waals surface area (Å²) in [7, 11) is 1.59. The molecule has 2 aromatic rings. The fraction of sp³-hybridized carbons (Fsp3) is 0.200. The van der Waals surface area contributed by atoms with E-state index >= 15 is 0 Å². The Morgan fingerprint density at radius 1 is 1.21 bits per heavy atom. The number of nitrogens with one attached hydrogen (secondary N) is 1. The molecule has 0 atom stereocenters. The summed E-state index contributed by atoms with van der Waals surface area (Å²) in [5.41, 5.74) is 2.36. The molecule has 4 heteroatoms. The average Bonchev–Trinajstić information content (AvgIpc) is 2.41. The van der Waals surface area contributed by atoms with Crippen molar-refractivity contribution >= 4 is 17.3 Å². The summed E-state index contributed by atoms with van der Waals surface area (Å²) in [6, 6.07) is 10.3. The standard InChI is InChI=1S/C15H15ClFNO/c1-10-3-6-14(17)11(7-10)9-18-15-8-12(19-2)4-5-13(15)16/h3-8,18H,9H2,1-2H3. The maximum atomic E-state index is 13.6. The zero-order chi connectivity index (χ0) is 13.8. The molecule has 1 N–H and O–H groups in total. The summed E-state index contributed by atoms with van der Waals surface area (Å²) in [5, 5.41) is 3.70.